The first-order valence-corrected chi connectivity index (χ1v) is 11.3. The van der Waals surface area contributed by atoms with Crippen molar-refractivity contribution in [3.63, 3.8) is 0 Å². The highest BCUT2D eigenvalue weighted by Crippen LogP contribution is 2.36. The van der Waals surface area contributed by atoms with Crippen molar-refractivity contribution >= 4 is 34.6 Å². The number of imide groups is 1. The maximum Gasteiger partial charge on any atom is 0.348 e. The van der Waals surface area contributed by atoms with Gasteiger partial charge in [-0.25, -0.2) is 4.79 Å². The quantitative estimate of drug-likeness (QED) is 0.208. The molecule has 0 aromatic heterocycles. The number of amides is 2. The fraction of sp³-hybridized carbons (Fsp3) is 0.214. The second-order valence-corrected chi connectivity index (χ2v) is 8.02. The van der Waals surface area contributed by atoms with Crippen LogP contribution in [0, 0.1) is 11.3 Å². The Morgan fingerprint density at radius 2 is 1.65 bits per heavy atom. The molecule has 1 heterocycles. The molecule has 3 aromatic carbocycles. The number of nitriles is 1. The zero-order valence-electron chi connectivity index (χ0n) is 19.1. The monoisotopic (exact) mass is 452 g/mol. The molecular formula is C28H24N2O4. The molecule has 2 amide bonds. The van der Waals surface area contributed by atoms with E-state index in [0.29, 0.717) is 28.6 Å². The van der Waals surface area contributed by atoms with Gasteiger partial charge in [-0.15, -0.1) is 0 Å². The van der Waals surface area contributed by atoms with Crippen molar-refractivity contribution in [3.8, 4) is 17.2 Å². The highest BCUT2D eigenvalue weighted by atomic mass is 16.5. The lowest BCUT2D eigenvalue weighted by Gasteiger charge is -2.27. The van der Waals surface area contributed by atoms with Crippen molar-refractivity contribution in [2.45, 2.75) is 26.7 Å². The number of carbonyl (C=O) groups excluding carboxylic acids is 3. The summed E-state index contributed by atoms with van der Waals surface area (Å²) in [5.41, 5.74) is 3.48. The van der Waals surface area contributed by atoms with Crippen LogP contribution in [0.1, 0.15) is 53.0 Å². The summed E-state index contributed by atoms with van der Waals surface area (Å²) in [4.78, 5) is 39.4. The number of rotatable bonds is 7. The van der Waals surface area contributed by atoms with E-state index in [9.17, 15) is 19.6 Å². The van der Waals surface area contributed by atoms with E-state index in [1.165, 1.54) is 11.0 Å². The first-order chi connectivity index (χ1) is 16.5. The van der Waals surface area contributed by atoms with Crippen LogP contribution in [0.15, 0.2) is 60.2 Å². The number of benzene rings is 3. The Hall–Kier alpha value is -4.24. The molecule has 0 atom stereocenters. The number of esters is 1. The third kappa shape index (κ3) is 4.08. The molecule has 1 aliphatic heterocycles. The van der Waals surface area contributed by atoms with Gasteiger partial charge in [0.15, 0.2) is 0 Å². The lowest BCUT2D eigenvalue weighted by molar-refractivity contribution is -0.137. The lowest BCUT2D eigenvalue weighted by Crippen LogP contribution is -2.40. The molecule has 0 bridgehead atoms. The average molecular weight is 453 g/mol. The van der Waals surface area contributed by atoms with Crippen LogP contribution in [0.4, 0.5) is 0 Å². The predicted molar refractivity (Wildman–Crippen MR) is 130 cm³/mol. The van der Waals surface area contributed by atoms with Gasteiger partial charge in [0.1, 0.15) is 11.6 Å². The van der Waals surface area contributed by atoms with E-state index in [4.69, 9.17) is 4.74 Å². The fourth-order valence-corrected chi connectivity index (χ4v) is 4.19. The molecule has 0 radical (unpaired) electrons. The van der Waals surface area contributed by atoms with Crippen LogP contribution in [-0.4, -0.2) is 35.8 Å². The number of carbonyl (C=O) groups is 3. The van der Waals surface area contributed by atoms with Crippen LogP contribution in [-0.2, 0) is 9.53 Å². The first kappa shape index (κ1) is 22.9. The van der Waals surface area contributed by atoms with Crippen molar-refractivity contribution in [1.82, 2.24) is 4.90 Å². The van der Waals surface area contributed by atoms with E-state index in [-0.39, 0.29) is 24.0 Å². The zero-order chi connectivity index (χ0) is 24.2. The van der Waals surface area contributed by atoms with Gasteiger partial charge in [-0.1, -0.05) is 55.8 Å². The second kappa shape index (κ2) is 9.72. The van der Waals surface area contributed by atoms with Gasteiger partial charge in [0, 0.05) is 23.1 Å². The summed E-state index contributed by atoms with van der Waals surface area (Å²) in [6, 6.07) is 18.5. The maximum absolute atomic E-state index is 13.1. The molecule has 6 heteroatoms. The van der Waals surface area contributed by atoms with Crippen LogP contribution in [0.25, 0.3) is 28.0 Å². The Balaban J connectivity index is 1.74. The SMILES string of the molecule is CCCCN1C(=O)c2cccc3c(-c4ccc(/C=C(\C#N)C(=O)OCC)cc4)ccc(c23)C1=O. The first-order valence-electron chi connectivity index (χ1n) is 11.3. The zero-order valence-corrected chi connectivity index (χ0v) is 19.1. The Morgan fingerprint density at radius 1 is 0.971 bits per heavy atom. The fourth-order valence-electron chi connectivity index (χ4n) is 4.19. The van der Waals surface area contributed by atoms with E-state index in [2.05, 4.69) is 0 Å². The van der Waals surface area contributed by atoms with Crippen LogP contribution >= 0.6 is 0 Å². The molecule has 0 saturated carbocycles. The second-order valence-electron chi connectivity index (χ2n) is 8.02. The third-order valence-corrected chi connectivity index (χ3v) is 5.88. The highest BCUT2D eigenvalue weighted by molar-refractivity contribution is 6.26. The van der Waals surface area contributed by atoms with E-state index in [0.717, 1.165) is 29.4 Å². The van der Waals surface area contributed by atoms with E-state index >= 15 is 0 Å². The van der Waals surface area contributed by atoms with Gasteiger partial charge >= 0.3 is 5.97 Å². The summed E-state index contributed by atoms with van der Waals surface area (Å²) in [7, 11) is 0. The normalized spacial score (nSPS) is 13.2. The summed E-state index contributed by atoms with van der Waals surface area (Å²) in [6.07, 6.45) is 3.15. The van der Waals surface area contributed by atoms with Gasteiger partial charge in [0.05, 0.1) is 6.61 Å². The molecule has 1 aliphatic rings. The van der Waals surface area contributed by atoms with Gasteiger partial charge in [0.25, 0.3) is 11.8 Å². The van der Waals surface area contributed by atoms with E-state index in [1.54, 1.807) is 19.1 Å². The van der Waals surface area contributed by atoms with E-state index in [1.807, 2.05) is 55.5 Å². The summed E-state index contributed by atoms with van der Waals surface area (Å²) in [5.74, 6) is -1.16. The minimum atomic E-state index is -0.653. The van der Waals surface area contributed by atoms with Crippen molar-refractivity contribution in [2.24, 2.45) is 0 Å². The minimum Gasteiger partial charge on any atom is -0.462 e. The molecule has 4 rings (SSSR count). The molecule has 0 aliphatic carbocycles. The molecule has 3 aromatic rings. The Kier molecular flexibility index (Phi) is 6.55. The standard InChI is InChI=1S/C28H24N2O4/c1-3-5-15-30-26(31)23-8-6-7-22-21(13-14-24(25(22)23)27(30)32)19-11-9-18(10-12-19)16-20(17-29)28(33)34-4-2/h6-14,16H,3-5,15H2,1-2H3/b20-16+. The van der Waals surface area contributed by atoms with Gasteiger partial charge in [-0.2, -0.15) is 5.26 Å². The van der Waals surface area contributed by atoms with Crippen molar-refractivity contribution in [3.05, 3.63) is 76.9 Å². The van der Waals surface area contributed by atoms with Gasteiger partial charge in [-0.05, 0) is 53.6 Å². The minimum absolute atomic E-state index is 0.0687. The van der Waals surface area contributed by atoms with Gasteiger partial charge in [-0.3, -0.25) is 14.5 Å². The number of hydrogen-bond donors (Lipinski definition) is 0. The molecule has 170 valence electrons. The summed E-state index contributed by atoms with van der Waals surface area (Å²) in [6.45, 7) is 4.32. The third-order valence-electron chi connectivity index (χ3n) is 5.88. The molecule has 34 heavy (non-hydrogen) atoms. The van der Waals surface area contributed by atoms with Crippen LogP contribution in [0.2, 0.25) is 0 Å². The highest BCUT2D eigenvalue weighted by Gasteiger charge is 2.32. The Morgan fingerprint density at radius 3 is 2.29 bits per heavy atom. The smallest absolute Gasteiger partial charge is 0.348 e. The topological polar surface area (TPSA) is 87.5 Å². The molecule has 0 spiro atoms. The molecule has 6 nitrogen and oxygen atoms in total. The summed E-state index contributed by atoms with van der Waals surface area (Å²) >= 11 is 0. The van der Waals surface area contributed by atoms with Crippen LogP contribution in [0.5, 0.6) is 0 Å². The largest absolute Gasteiger partial charge is 0.462 e. The molecular weight excluding hydrogens is 428 g/mol. The van der Waals surface area contributed by atoms with Crippen LogP contribution in [0.3, 0.4) is 0 Å². The van der Waals surface area contributed by atoms with Gasteiger partial charge in [0.2, 0.25) is 0 Å². The number of ether oxygens (including phenoxy) is 1. The average Bonchev–Trinajstić information content (AvgIpc) is 2.86. The Bertz CT molecular complexity index is 1340. The predicted octanol–water partition coefficient (Wildman–Crippen LogP) is 5.37. The van der Waals surface area contributed by atoms with Crippen molar-refractivity contribution in [2.75, 3.05) is 13.2 Å². The number of hydrogen-bond acceptors (Lipinski definition) is 5. The maximum atomic E-state index is 13.1. The number of unbranched alkanes of at least 4 members (excludes halogenated alkanes) is 1. The molecule has 0 saturated heterocycles. The number of nitrogens with zero attached hydrogens (tertiary/aromatic N) is 2. The Labute approximate surface area is 198 Å². The lowest BCUT2D eigenvalue weighted by atomic mass is 9.89. The van der Waals surface area contributed by atoms with Gasteiger partial charge < -0.3 is 4.74 Å². The molecule has 0 N–H and O–H groups in total. The summed E-state index contributed by atoms with van der Waals surface area (Å²) < 4.78 is 4.91. The molecule has 0 fully saturated rings. The van der Waals surface area contributed by atoms with E-state index < -0.39 is 5.97 Å². The molecule has 0 unspecified atom stereocenters. The van der Waals surface area contributed by atoms with Crippen LogP contribution < -0.4 is 0 Å². The van der Waals surface area contributed by atoms with Crippen molar-refractivity contribution < 1.29 is 19.1 Å². The summed E-state index contributed by atoms with van der Waals surface area (Å²) in [5, 5.41) is 10.8. The van der Waals surface area contributed by atoms with Crippen molar-refractivity contribution in [1.29, 1.82) is 5.26 Å².